The second-order valence-corrected chi connectivity index (χ2v) is 6.86. The van der Waals surface area contributed by atoms with Crippen molar-refractivity contribution in [2.24, 2.45) is 0 Å². The molecule has 0 bridgehead atoms. The van der Waals surface area contributed by atoms with Crippen molar-refractivity contribution in [3.63, 3.8) is 0 Å². The van der Waals surface area contributed by atoms with Gasteiger partial charge in [0.1, 0.15) is 0 Å². The van der Waals surface area contributed by atoms with Crippen molar-refractivity contribution in [1.29, 1.82) is 0 Å². The lowest BCUT2D eigenvalue weighted by atomic mass is 10.1. The molecule has 0 aliphatic carbocycles. The first kappa shape index (κ1) is 19.9. The van der Waals surface area contributed by atoms with Gasteiger partial charge in [0.2, 0.25) is 5.91 Å². The van der Waals surface area contributed by atoms with Crippen molar-refractivity contribution in [2.75, 3.05) is 43.6 Å². The Morgan fingerprint density at radius 1 is 1.14 bits per heavy atom. The van der Waals surface area contributed by atoms with E-state index < -0.39 is 5.97 Å². The lowest BCUT2D eigenvalue weighted by molar-refractivity contribution is -0.116. The van der Waals surface area contributed by atoms with Crippen LogP contribution in [0.15, 0.2) is 42.5 Å². The van der Waals surface area contributed by atoms with Crippen molar-refractivity contribution in [3.8, 4) is 0 Å². The molecular formula is C22H26N2O4. The van der Waals surface area contributed by atoms with Gasteiger partial charge in [-0.3, -0.25) is 4.79 Å². The van der Waals surface area contributed by atoms with Crippen LogP contribution in [-0.4, -0.2) is 45.3 Å². The van der Waals surface area contributed by atoms with E-state index in [0.717, 1.165) is 24.3 Å². The smallest absolute Gasteiger partial charge is 0.340 e. The number of hydrogen-bond acceptors (Lipinski definition) is 5. The van der Waals surface area contributed by atoms with E-state index in [1.54, 1.807) is 12.1 Å². The predicted octanol–water partition coefficient (Wildman–Crippen LogP) is 3.19. The van der Waals surface area contributed by atoms with Gasteiger partial charge < -0.3 is 19.7 Å². The molecule has 1 amide bonds. The summed E-state index contributed by atoms with van der Waals surface area (Å²) in [6.07, 6.45) is 0.988. The minimum absolute atomic E-state index is 0.134. The first-order valence-electron chi connectivity index (χ1n) is 9.47. The molecule has 148 valence electrons. The number of ether oxygens (including phenoxy) is 2. The zero-order valence-corrected chi connectivity index (χ0v) is 16.4. The molecule has 1 aliphatic heterocycles. The topological polar surface area (TPSA) is 67.9 Å². The SMILES string of the molecule is COC(=O)c1cc(N2CCOCC2)ccc1NC(=O)CCc1cccc(C)c1. The van der Waals surface area contributed by atoms with E-state index in [1.807, 2.05) is 31.2 Å². The van der Waals surface area contributed by atoms with Gasteiger partial charge in [-0.05, 0) is 37.1 Å². The molecule has 0 spiro atoms. The Balaban J connectivity index is 1.70. The molecule has 1 N–H and O–H groups in total. The molecule has 1 saturated heterocycles. The Morgan fingerprint density at radius 2 is 1.93 bits per heavy atom. The molecule has 0 radical (unpaired) electrons. The quantitative estimate of drug-likeness (QED) is 0.777. The zero-order valence-electron chi connectivity index (χ0n) is 16.4. The van der Waals surface area contributed by atoms with Gasteiger partial charge in [0, 0.05) is 25.2 Å². The highest BCUT2D eigenvalue weighted by Gasteiger charge is 2.18. The van der Waals surface area contributed by atoms with Gasteiger partial charge in [-0.1, -0.05) is 29.8 Å². The molecule has 6 heteroatoms. The van der Waals surface area contributed by atoms with Gasteiger partial charge in [-0.25, -0.2) is 4.79 Å². The van der Waals surface area contributed by atoms with Crippen LogP contribution in [0.4, 0.5) is 11.4 Å². The average Bonchev–Trinajstić information content (AvgIpc) is 2.72. The fraction of sp³-hybridized carbons (Fsp3) is 0.364. The summed E-state index contributed by atoms with van der Waals surface area (Å²) in [5, 5.41) is 2.86. The number of amides is 1. The second-order valence-electron chi connectivity index (χ2n) is 6.86. The average molecular weight is 382 g/mol. The number of aryl methyl sites for hydroxylation is 2. The molecule has 2 aromatic carbocycles. The Morgan fingerprint density at radius 3 is 2.64 bits per heavy atom. The van der Waals surface area contributed by atoms with Gasteiger partial charge in [0.15, 0.2) is 0 Å². The molecule has 1 fully saturated rings. The zero-order chi connectivity index (χ0) is 19.9. The maximum atomic E-state index is 12.4. The number of morpholine rings is 1. The summed E-state index contributed by atoms with van der Waals surface area (Å²) in [6, 6.07) is 13.6. The minimum atomic E-state index is -0.468. The third-order valence-corrected chi connectivity index (χ3v) is 4.78. The number of methoxy groups -OCH3 is 1. The molecule has 0 unspecified atom stereocenters. The van der Waals surface area contributed by atoms with Crippen molar-refractivity contribution in [1.82, 2.24) is 0 Å². The number of carbonyl (C=O) groups excluding carboxylic acids is 2. The third-order valence-electron chi connectivity index (χ3n) is 4.78. The molecule has 3 rings (SSSR count). The summed E-state index contributed by atoms with van der Waals surface area (Å²) in [6.45, 7) is 4.88. The van der Waals surface area contributed by atoms with Crippen LogP contribution in [0, 0.1) is 6.92 Å². The number of benzene rings is 2. The number of nitrogens with zero attached hydrogens (tertiary/aromatic N) is 1. The van der Waals surface area contributed by atoms with E-state index in [9.17, 15) is 9.59 Å². The molecule has 0 saturated carbocycles. The lowest BCUT2D eigenvalue weighted by Crippen LogP contribution is -2.36. The second kappa shape index (κ2) is 9.37. The standard InChI is InChI=1S/C22H26N2O4/c1-16-4-3-5-17(14-16)6-9-21(25)23-20-8-7-18(15-19(20)22(26)27-2)24-10-12-28-13-11-24/h3-5,7-8,14-15H,6,9-13H2,1-2H3,(H,23,25). The normalized spacial score (nSPS) is 13.9. The number of rotatable bonds is 6. The molecule has 28 heavy (non-hydrogen) atoms. The molecule has 0 atom stereocenters. The molecule has 2 aromatic rings. The van der Waals surface area contributed by atoms with Gasteiger partial charge in [0.05, 0.1) is 31.6 Å². The van der Waals surface area contributed by atoms with E-state index in [4.69, 9.17) is 9.47 Å². The maximum Gasteiger partial charge on any atom is 0.340 e. The van der Waals surface area contributed by atoms with Crippen molar-refractivity contribution < 1.29 is 19.1 Å². The Kier molecular flexibility index (Phi) is 6.66. The van der Waals surface area contributed by atoms with E-state index in [1.165, 1.54) is 12.7 Å². The fourth-order valence-corrected chi connectivity index (χ4v) is 3.28. The highest BCUT2D eigenvalue weighted by atomic mass is 16.5. The summed E-state index contributed by atoms with van der Waals surface area (Å²) in [5.41, 5.74) is 4.03. The van der Waals surface area contributed by atoms with Gasteiger partial charge in [-0.15, -0.1) is 0 Å². The predicted molar refractivity (Wildman–Crippen MR) is 109 cm³/mol. The highest BCUT2D eigenvalue weighted by Crippen LogP contribution is 2.25. The van der Waals surface area contributed by atoms with Crippen LogP contribution < -0.4 is 10.2 Å². The number of carbonyl (C=O) groups is 2. The van der Waals surface area contributed by atoms with Crippen molar-refractivity contribution in [3.05, 3.63) is 59.2 Å². The molecule has 0 aromatic heterocycles. The fourth-order valence-electron chi connectivity index (χ4n) is 3.28. The Labute approximate surface area is 165 Å². The van der Waals surface area contributed by atoms with E-state index in [-0.39, 0.29) is 5.91 Å². The maximum absolute atomic E-state index is 12.4. The molecular weight excluding hydrogens is 356 g/mol. The van der Waals surface area contributed by atoms with Crippen LogP contribution in [0.5, 0.6) is 0 Å². The number of nitrogens with one attached hydrogen (secondary N) is 1. The van der Waals surface area contributed by atoms with Gasteiger partial charge in [0.25, 0.3) is 0 Å². The van der Waals surface area contributed by atoms with Gasteiger partial charge >= 0.3 is 5.97 Å². The number of esters is 1. The summed E-state index contributed by atoms with van der Waals surface area (Å²) < 4.78 is 10.3. The first-order chi connectivity index (χ1) is 13.6. The monoisotopic (exact) mass is 382 g/mol. The van der Waals surface area contributed by atoms with Crippen LogP contribution in [0.3, 0.4) is 0 Å². The first-order valence-corrected chi connectivity index (χ1v) is 9.47. The molecule has 6 nitrogen and oxygen atoms in total. The summed E-state index contributed by atoms with van der Waals surface area (Å²) in [7, 11) is 1.34. The summed E-state index contributed by atoms with van der Waals surface area (Å²) in [5.74, 6) is -0.602. The van der Waals surface area contributed by atoms with E-state index >= 15 is 0 Å². The Hall–Kier alpha value is -2.86. The summed E-state index contributed by atoms with van der Waals surface area (Å²) in [4.78, 5) is 26.8. The highest BCUT2D eigenvalue weighted by molar-refractivity contribution is 6.02. The van der Waals surface area contributed by atoms with Crippen LogP contribution >= 0.6 is 0 Å². The van der Waals surface area contributed by atoms with Gasteiger partial charge in [-0.2, -0.15) is 0 Å². The summed E-state index contributed by atoms with van der Waals surface area (Å²) >= 11 is 0. The molecule has 1 aliphatic rings. The largest absolute Gasteiger partial charge is 0.465 e. The van der Waals surface area contributed by atoms with E-state index in [2.05, 4.69) is 16.3 Å². The Bertz CT molecular complexity index is 844. The van der Waals surface area contributed by atoms with Crippen molar-refractivity contribution >= 4 is 23.3 Å². The number of anilines is 2. The minimum Gasteiger partial charge on any atom is -0.465 e. The van der Waals surface area contributed by atoms with Crippen LogP contribution in [0.1, 0.15) is 27.9 Å². The lowest BCUT2D eigenvalue weighted by Gasteiger charge is -2.29. The number of hydrogen-bond donors (Lipinski definition) is 1. The molecule has 1 heterocycles. The van der Waals surface area contributed by atoms with Crippen molar-refractivity contribution in [2.45, 2.75) is 19.8 Å². The van der Waals surface area contributed by atoms with E-state index in [0.29, 0.717) is 37.3 Å². The van der Waals surface area contributed by atoms with Crippen LogP contribution in [0.25, 0.3) is 0 Å². The van der Waals surface area contributed by atoms with Crippen LogP contribution in [-0.2, 0) is 20.7 Å². The van der Waals surface area contributed by atoms with Crippen LogP contribution in [0.2, 0.25) is 0 Å². The third kappa shape index (κ3) is 5.10.